The molecule has 1 aromatic rings. The number of ether oxygens (including phenoxy) is 2. The standard InChI is InChI=1S/C15H18N2O3/c1-19-15(7-8-20-11-15)10-17-14(18)13(9-16)12-5-3-2-4-6-12/h2-6,13H,7-8,10-11H2,1H3,(H,17,18). The highest BCUT2D eigenvalue weighted by atomic mass is 16.5. The fourth-order valence-corrected chi connectivity index (χ4v) is 2.24. The molecule has 1 saturated heterocycles. The molecule has 1 aliphatic rings. The van der Waals surface area contributed by atoms with Crippen LogP contribution in [0.4, 0.5) is 0 Å². The van der Waals surface area contributed by atoms with Crippen LogP contribution in [0, 0.1) is 11.3 Å². The van der Waals surface area contributed by atoms with Gasteiger partial charge in [0.2, 0.25) is 5.91 Å². The van der Waals surface area contributed by atoms with Crippen molar-refractivity contribution in [3.05, 3.63) is 35.9 Å². The summed E-state index contributed by atoms with van der Waals surface area (Å²) in [5.74, 6) is -1.10. The zero-order valence-electron chi connectivity index (χ0n) is 11.5. The van der Waals surface area contributed by atoms with Crippen molar-refractivity contribution in [2.75, 3.05) is 26.9 Å². The van der Waals surface area contributed by atoms with Crippen molar-refractivity contribution in [3.8, 4) is 6.07 Å². The van der Waals surface area contributed by atoms with Gasteiger partial charge < -0.3 is 14.8 Å². The van der Waals surface area contributed by atoms with E-state index < -0.39 is 11.5 Å². The Morgan fingerprint density at radius 2 is 2.30 bits per heavy atom. The molecule has 0 aromatic heterocycles. The number of hydrogen-bond donors (Lipinski definition) is 1. The summed E-state index contributed by atoms with van der Waals surface area (Å²) in [5, 5.41) is 12.0. The van der Waals surface area contributed by atoms with Gasteiger partial charge in [0.1, 0.15) is 11.5 Å². The Bertz CT molecular complexity index is 490. The van der Waals surface area contributed by atoms with Crippen molar-refractivity contribution in [1.29, 1.82) is 5.26 Å². The van der Waals surface area contributed by atoms with Gasteiger partial charge in [0.15, 0.2) is 0 Å². The van der Waals surface area contributed by atoms with Gasteiger partial charge in [-0.15, -0.1) is 0 Å². The van der Waals surface area contributed by atoms with E-state index in [9.17, 15) is 10.1 Å². The van der Waals surface area contributed by atoms with Crippen LogP contribution in [0.5, 0.6) is 0 Å². The molecule has 0 radical (unpaired) electrons. The van der Waals surface area contributed by atoms with E-state index in [2.05, 4.69) is 5.32 Å². The Kier molecular flexibility index (Phi) is 4.72. The van der Waals surface area contributed by atoms with E-state index in [0.717, 1.165) is 6.42 Å². The van der Waals surface area contributed by atoms with E-state index in [1.54, 1.807) is 19.2 Å². The minimum Gasteiger partial charge on any atom is -0.378 e. The second-order valence-electron chi connectivity index (χ2n) is 4.88. The van der Waals surface area contributed by atoms with E-state index in [1.807, 2.05) is 24.3 Å². The SMILES string of the molecule is COC1(CNC(=O)C(C#N)c2ccccc2)CCOC1. The molecule has 2 atom stereocenters. The van der Waals surface area contributed by atoms with Crippen LogP contribution in [0.15, 0.2) is 30.3 Å². The average molecular weight is 274 g/mol. The number of nitrogens with one attached hydrogen (secondary N) is 1. The molecular weight excluding hydrogens is 256 g/mol. The third-order valence-corrected chi connectivity index (χ3v) is 3.61. The number of amides is 1. The van der Waals surface area contributed by atoms with E-state index in [1.165, 1.54) is 0 Å². The number of hydrogen-bond acceptors (Lipinski definition) is 4. The Labute approximate surface area is 118 Å². The summed E-state index contributed by atoms with van der Waals surface area (Å²) in [7, 11) is 1.61. The van der Waals surface area contributed by atoms with Crippen molar-refractivity contribution in [2.24, 2.45) is 0 Å². The molecule has 1 heterocycles. The molecule has 106 valence electrons. The molecule has 1 amide bonds. The predicted octanol–water partition coefficient (Wildman–Crippen LogP) is 1.22. The molecule has 2 rings (SSSR count). The first kappa shape index (κ1) is 14.5. The number of rotatable bonds is 5. The maximum absolute atomic E-state index is 12.2. The fraction of sp³-hybridized carbons (Fsp3) is 0.467. The summed E-state index contributed by atoms with van der Waals surface area (Å²) < 4.78 is 10.8. The molecule has 1 N–H and O–H groups in total. The molecule has 1 aliphatic heterocycles. The van der Waals surface area contributed by atoms with Crippen molar-refractivity contribution in [2.45, 2.75) is 17.9 Å². The summed E-state index contributed by atoms with van der Waals surface area (Å²) in [5.41, 5.74) is 0.230. The van der Waals surface area contributed by atoms with Gasteiger partial charge in [-0.3, -0.25) is 4.79 Å². The second-order valence-corrected chi connectivity index (χ2v) is 4.88. The Hall–Kier alpha value is -1.90. The van der Waals surface area contributed by atoms with E-state index in [4.69, 9.17) is 9.47 Å². The lowest BCUT2D eigenvalue weighted by Gasteiger charge is -2.26. The maximum atomic E-state index is 12.2. The minimum absolute atomic E-state index is 0.304. The average Bonchev–Trinajstić information content (AvgIpc) is 2.97. The molecule has 5 heteroatoms. The number of carbonyl (C=O) groups excluding carboxylic acids is 1. The van der Waals surface area contributed by atoms with Crippen molar-refractivity contribution >= 4 is 5.91 Å². The van der Waals surface area contributed by atoms with E-state index in [0.29, 0.717) is 25.3 Å². The molecule has 0 aliphatic carbocycles. The van der Waals surface area contributed by atoms with Crippen LogP contribution in [0.1, 0.15) is 17.9 Å². The van der Waals surface area contributed by atoms with Crippen LogP contribution in [0.2, 0.25) is 0 Å². The van der Waals surface area contributed by atoms with Gasteiger partial charge >= 0.3 is 0 Å². The molecule has 0 spiro atoms. The quantitative estimate of drug-likeness (QED) is 0.876. The van der Waals surface area contributed by atoms with Crippen LogP contribution in [0.3, 0.4) is 0 Å². The van der Waals surface area contributed by atoms with Crippen LogP contribution in [-0.4, -0.2) is 38.4 Å². The van der Waals surface area contributed by atoms with Crippen molar-refractivity contribution in [3.63, 3.8) is 0 Å². The smallest absolute Gasteiger partial charge is 0.241 e. The van der Waals surface area contributed by atoms with Crippen molar-refractivity contribution < 1.29 is 14.3 Å². The van der Waals surface area contributed by atoms with Crippen LogP contribution < -0.4 is 5.32 Å². The van der Waals surface area contributed by atoms with Gasteiger partial charge in [-0.25, -0.2) is 0 Å². The third kappa shape index (κ3) is 3.16. The minimum atomic E-state index is -0.799. The Morgan fingerprint density at radius 1 is 1.55 bits per heavy atom. The van der Waals surface area contributed by atoms with Crippen molar-refractivity contribution in [1.82, 2.24) is 5.32 Å². The maximum Gasteiger partial charge on any atom is 0.241 e. The summed E-state index contributed by atoms with van der Waals surface area (Å²) in [6.07, 6.45) is 0.742. The van der Waals surface area contributed by atoms with Crippen LogP contribution >= 0.6 is 0 Å². The normalized spacial score (nSPS) is 23.0. The van der Waals surface area contributed by atoms with Gasteiger partial charge in [0.05, 0.1) is 12.7 Å². The van der Waals surface area contributed by atoms with Gasteiger partial charge in [0, 0.05) is 26.7 Å². The van der Waals surface area contributed by atoms with Gasteiger partial charge in [-0.1, -0.05) is 30.3 Å². The van der Waals surface area contributed by atoms with E-state index >= 15 is 0 Å². The topological polar surface area (TPSA) is 71.3 Å². The zero-order valence-corrected chi connectivity index (χ0v) is 11.5. The first-order valence-corrected chi connectivity index (χ1v) is 6.56. The Balaban J connectivity index is 1.99. The van der Waals surface area contributed by atoms with Gasteiger partial charge in [-0.2, -0.15) is 5.26 Å². The monoisotopic (exact) mass is 274 g/mol. The molecule has 20 heavy (non-hydrogen) atoms. The first-order chi connectivity index (χ1) is 9.71. The number of benzene rings is 1. The number of methoxy groups -OCH3 is 1. The zero-order chi connectivity index (χ0) is 14.4. The lowest BCUT2D eigenvalue weighted by molar-refractivity contribution is -0.123. The summed E-state index contributed by atoms with van der Waals surface area (Å²) in [6, 6.07) is 11.1. The lowest BCUT2D eigenvalue weighted by atomic mass is 9.98. The van der Waals surface area contributed by atoms with Crippen LogP contribution in [0.25, 0.3) is 0 Å². The van der Waals surface area contributed by atoms with Gasteiger partial charge in [0.25, 0.3) is 0 Å². The summed E-state index contributed by atoms with van der Waals surface area (Å²) >= 11 is 0. The molecule has 0 saturated carbocycles. The van der Waals surface area contributed by atoms with Crippen LogP contribution in [-0.2, 0) is 14.3 Å². The molecule has 5 nitrogen and oxygen atoms in total. The number of carbonyl (C=O) groups is 1. The largest absolute Gasteiger partial charge is 0.378 e. The lowest BCUT2D eigenvalue weighted by Crippen LogP contribution is -2.46. The first-order valence-electron chi connectivity index (χ1n) is 6.56. The Morgan fingerprint density at radius 3 is 2.85 bits per heavy atom. The molecule has 1 fully saturated rings. The van der Waals surface area contributed by atoms with E-state index in [-0.39, 0.29) is 5.91 Å². The highest BCUT2D eigenvalue weighted by molar-refractivity contribution is 5.86. The predicted molar refractivity (Wildman–Crippen MR) is 73.0 cm³/mol. The second kappa shape index (κ2) is 6.51. The molecule has 2 unspecified atom stereocenters. The summed E-state index contributed by atoms with van der Waals surface area (Å²) in [4.78, 5) is 12.2. The highest BCUT2D eigenvalue weighted by Crippen LogP contribution is 2.22. The van der Waals surface area contributed by atoms with Gasteiger partial charge in [-0.05, 0) is 5.56 Å². The summed E-state index contributed by atoms with van der Waals surface area (Å²) in [6.45, 7) is 1.45. The highest BCUT2D eigenvalue weighted by Gasteiger charge is 2.36. The number of nitrogens with zero attached hydrogens (tertiary/aromatic N) is 1. The molecule has 0 bridgehead atoms. The third-order valence-electron chi connectivity index (χ3n) is 3.61. The fourth-order valence-electron chi connectivity index (χ4n) is 2.24. The molecular formula is C15H18N2O3. The number of nitriles is 1. The molecule has 1 aromatic carbocycles.